The van der Waals surface area contributed by atoms with Crippen LogP contribution in [0.15, 0.2) is 46.8 Å². The van der Waals surface area contributed by atoms with Crippen molar-refractivity contribution in [3.8, 4) is 22.6 Å². The molecule has 0 atom stereocenters. The van der Waals surface area contributed by atoms with Crippen molar-refractivity contribution < 1.29 is 13.2 Å². The topological polar surface area (TPSA) is 60.5 Å². The van der Waals surface area contributed by atoms with Crippen LogP contribution in [0.4, 0.5) is 13.2 Å². The number of halogens is 3. The number of nitriles is 2. The van der Waals surface area contributed by atoms with Gasteiger partial charge in [-0.25, -0.2) is 0 Å². The maximum absolute atomic E-state index is 12.9. The number of hydrogen-bond acceptors (Lipinski definition) is 5. The third-order valence-corrected chi connectivity index (χ3v) is 6.38. The Kier molecular flexibility index (Phi) is 6.15. The molecule has 138 valence electrons. The quantitative estimate of drug-likeness (QED) is 0.407. The average Bonchev–Trinajstić information content (AvgIpc) is 3.19. The molecule has 3 rings (SSSR count). The van der Waals surface area contributed by atoms with Crippen LogP contribution in [0.3, 0.4) is 0 Å². The van der Waals surface area contributed by atoms with Crippen LogP contribution in [0.5, 0.6) is 0 Å². The van der Waals surface area contributed by atoms with Gasteiger partial charge in [0.2, 0.25) is 0 Å². The molecule has 0 aliphatic rings. The monoisotopic (exact) mass is 475 g/mol. The van der Waals surface area contributed by atoms with Crippen molar-refractivity contribution >= 4 is 44.4 Å². The zero-order valence-electron chi connectivity index (χ0n) is 14.0. The fourth-order valence-electron chi connectivity index (χ4n) is 2.52. The fraction of sp³-hybridized carbons (Fsp3) is 0.105. The van der Waals surface area contributed by atoms with Crippen LogP contribution < -0.4 is 4.48 Å². The van der Waals surface area contributed by atoms with E-state index in [0.29, 0.717) is 26.2 Å². The molecule has 2 radical (unpaired) electrons. The molecule has 2 aromatic heterocycles. The van der Waals surface area contributed by atoms with Crippen LogP contribution in [-0.4, -0.2) is 21.8 Å². The number of hydrogen-bond donors (Lipinski definition) is 0. The van der Waals surface area contributed by atoms with E-state index < -0.39 is 11.7 Å². The van der Waals surface area contributed by atoms with Crippen molar-refractivity contribution in [1.82, 2.24) is 4.98 Å². The molecule has 0 spiro atoms. The summed E-state index contributed by atoms with van der Waals surface area (Å²) in [5.41, 5.74) is 0.830. The zero-order chi connectivity index (χ0) is 20.3. The van der Waals surface area contributed by atoms with Gasteiger partial charge in [0.1, 0.15) is 0 Å². The van der Waals surface area contributed by atoms with Crippen molar-refractivity contribution in [2.75, 3.05) is 0 Å². The Balaban J connectivity index is 2.00. The Morgan fingerprint density at radius 2 is 1.86 bits per heavy atom. The molecule has 28 heavy (non-hydrogen) atoms. The molecule has 0 aliphatic carbocycles. The van der Waals surface area contributed by atoms with Crippen molar-refractivity contribution in [3.05, 3.63) is 64.0 Å². The third-order valence-electron chi connectivity index (χ3n) is 3.77. The predicted octanol–water partition coefficient (Wildman–Crippen LogP) is 4.66. The molecule has 0 bridgehead atoms. The van der Waals surface area contributed by atoms with Gasteiger partial charge in [-0.15, -0.1) is 0 Å². The summed E-state index contributed by atoms with van der Waals surface area (Å²) in [5, 5.41) is 21.4. The van der Waals surface area contributed by atoms with Gasteiger partial charge >= 0.3 is 177 Å². The van der Waals surface area contributed by atoms with Crippen molar-refractivity contribution in [1.29, 1.82) is 10.5 Å². The standard InChI is InChI=1S/C19H9AsF3N3S2/c20-17-13(8-24)16(15-5-2-6-27-15)14(9-25)18(26-17)28-10-11-3-1-4-12(7-11)19(21,22)23/h1-7H,10H2. The molecule has 0 N–H and O–H groups in total. The summed E-state index contributed by atoms with van der Waals surface area (Å²) in [6.45, 7) is 0. The molecule has 0 unspecified atom stereocenters. The van der Waals surface area contributed by atoms with Gasteiger partial charge in [0.15, 0.2) is 0 Å². The van der Waals surface area contributed by atoms with Gasteiger partial charge < -0.3 is 0 Å². The van der Waals surface area contributed by atoms with Crippen LogP contribution in [0.1, 0.15) is 22.3 Å². The summed E-state index contributed by atoms with van der Waals surface area (Å²) in [6.07, 6.45) is -4.41. The van der Waals surface area contributed by atoms with Crippen LogP contribution >= 0.6 is 23.1 Å². The number of thioether (sulfide) groups is 1. The Morgan fingerprint density at radius 3 is 2.46 bits per heavy atom. The normalized spacial score (nSPS) is 11.1. The molecule has 0 fully saturated rings. The second kappa shape index (κ2) is 8.41. The van der Waals surface area contributed by atoms with E-state index >= 15 is 0 Å². The Labute approximate surface area is 176 Å². The summed E-state index contributed by atoms with van der Waals surface area (Å²) in [6, 6.07) is 12.9. The summed E-state index contributed by atoms with van der Waals surface area (Å²) in [5.74, 6) is 0.216. The van der Waals surface area contributed by atoms with Gasteiger partial charge in [-0.1, -0.05) is 0 Å². The Hall–Kier alpha value is -2.25. The molecule has 0 saturated carbocycles. The number of rotatable bonds is 4. The van der Waals surface area contributed by atoms with E-state index in [0.717, 1.165) is 17.0 Å². The number of nitrogens with zero attached hydrogens (tertiary/aromatic N) is 3. The molecular weight excluding hydrogens is 466 g/mol. The first-order chi connectivity index (χ1) is 13.3. The van der Waals surface area contributed by atoms with Crippen LogP contribution in [0.25, 0.3) is 10.4 Å². The van der Waals surface area contributed by atoms with Crippen LogP contribution in [0, 0.1) is 22.7 Å². The van der Waals surface area contributed by atoms with Gasteiger partial charge in [-0.2, -0.15) is 0 Å². The summed E-state index contributed by atoms with van der Waals surface area (Å²) >= 11 is 4.79. The second-order valence-corrected chi connectivity index (χ2v) is 8.35. The molecule has 3 nitrogen and oxygen atoms in total. The minimum atomic E-state index is -4.41. The summed E-state index contributed by atoms with van der Waals surface area (Å²) in [7, 11) is 0. The molecule has 9 heteroatoms. The van der Waals surface area contributed by atoms with Crippen molar-refractivity contribution in [2.45, 2.75) is 17.0 Å². The van der Waals surface area contributed by atoms with Gasteiger partial charge in [0.05, 0.1) is 0 Å². The molecule has 3 aromatic rings. The summed E-state index contributed by atoms with van der Waals surface area (Å²) < 4.78 is 39.1. The molecular formula is C19H9AsF3N3S2. The number of alkyl halides is 3. The molecule has 0 aliphatic heterocycles. The van der Waals surface area contributed by atoms with Gasteiger partial charge in [0, 0.05) is 0 Å². The molecule has 2 heterocycles. The summed E-state index contributed by atoms with van der Waals surface area (Å²) in [4.78, 5) is 5.11. The first kappa shape index (κ1) is 20.5. The number of thiophene rings is 1. The van der Waals surface area contributed by atoms with E-state index in [9.17, 15) is 23.7 Å². The van der Waals surface area contributed by atoms with E-state index in [4.69, 9.17) is 0 Å². The Bertz CT molecular complexity index is 1100. The van der Waals surface area contributed by atoms with Gasteiger partial charge in [0.25, 0.3) is 0 Å². The van der Waals surface area contributed by atoms with E-state index in [-0.39, 0.29) is 11.3 Å². The van der Waals surface area contributed by atoms with Gasteiger partial charge in [-0.3, -0.25) is 0 Å². The van der Waals surface area contributed by atoms with E-state index in [1.165, 1.54) is 29.2 Å². The van der Waals surface area contributed by atoms with Crippen LogP contribution in [-0.2, 0) is 11.9 Å². The zero-order valence-corrected chi connectivity index (χ0v) is 17.5. The number of aromatic nitrogens is 1. The first-order valence-electron chi connectivity index (χ1n) is 7.75. The van der Waals surface area contributed by atoms with E-state index in [1.807, 2.05) is 17.5 Å². The Morgan fingerprint density at radius 1 is 1.11 bits per heavy atom. The van der Waals surface area contributed by atoms with E-state index in [2.05, 4.69) is 34.0 Å². The molecule has 0 saturated heterocycles. The van der Waals surface area contributed by atoms with Crippen LogP contribution in [0.2, 0.25) is 0 Å². The van der Waals surface area contributed by atoms with Crippen molar-refractivity contribution in [3.63, 3.8) is 0 Å². The second-order valence-electron chi connectivity index (χ2n) is 5.55. The SMILES string of the molecule is N#Cc1c([As])nc(SCc2cccc(C(F)(F)F)c2)c(C#N)c1-c1cccs1. The maximum atomic E-state index is 12.9. The molecule has 0 amide bonds. The van der Waals surface area contributed by atoms with E-state index in [1.54, 1.807) is 6.07 Å². The number of pyridine rings is 1. The van der Waals surface area contributed by atoms with Crippen molar-refractivity contribution in [2.24, 2.45) is 0 Å². The molecule has 1 aromatic carbocycles. The first-order valence-corrected chi connectivity index (χ1v) is 10.6. The average molecular weight is 475 g/mol. The van der Waals surface area contributed by atoms with Gasteiger partial charge in [-0.05, 0) is 0 Å². The minimum absolute atomic E-state index is 0.216. The third kappa shape index (κ3) is 4.25. The fourth-order valence-corrected chi connectivity index (χ4v) is 4.93. The number of benzene rings is 1. The predicted molar refractivity (Wildman–Crippen MR) is 103 cm³/mol.